The first-order valence-corrected chi connectivity index (χ1v) is 6.85. The Balaban J connectivity index is 2.07. The highest BCUT2D eigenvalue weighted by atomic mass is 35.5. The molecule has 0 bridgehead atoms. The van der Waals surface area contributed by atoms with Crippen molar-refractivity contribution in [2.45, 2.75) is 25.8 Å². The molecule has 1 aromatic carbocycles. The number of halogens is 1. The van der Waals surface area contributed by atoms with Crippen molar-refractivity contribution < 1.29 is 9.15 Å². The Labute approximate surface area is 117 Å². The molecule has 0 spiro atoms. The van der Waals surface area contributed by atoms with E-state index in [0.717, 1.165) is 42.8 Å². The summed E-state index contributed by atoms with van der Waals surface area (Å²) in [7, 11) is 0. The van der Waals surface area contributed by atoms with Crippen LogP contribution in [0.3, 0.4) is 0 Å². The summed E-state index contributed by atoms with van der Waals surface area (Å²) in [5, 5.41) is 1.70. The molecule has 0 radical (unpaired) electrons. The summed E-state index contributed by atoms with van der Waals surface area (Å²) in [6, 6.07) is 7.54. The number of nitrogens with one attached hydrogen (secondary N) is 1. The topological polar surface area (TPSA) is 60.4 Å². The first kappa shape index (κ1) is 14.3. The third kappa shape index (κ3) is 3.70. The van der Waals surface area contributed by atoms with Crippen LogP contribution in [0.4, 0.5) is 0 Å². The van der Waals surface area contributed by atoms with Gasteiger partial charge >= 0.3 is 0 Å². The summed E-state index contributed by atoms with van der Waals surface area (Å²) >= 11 is 5.96. The maximum atomic E-state index is 5.96. The molecule has 1 atom stereocenters. The predicted molar refractivity (Wildman–Crippen MR) is 77.0 cm³/mol. The molecular weight excluding hydrogens is 264 g/mol. The van der Waals surface area contributed by atoms with Gasteiger partial charge in [-0.2, -0.15) is 0 Å². The van der Waals surface area contributed by atoms with Crippen LogP contribution < -0.4 is 11.3 Å². The van der Waals surface area contributed by atoms with E-state index in [-0.39, 0.29) is 6.04 Å². The maximum absolute atomic E-state index is 5.96. The van der Waals surface area contributed by atoms with Crippen LogP contribution in [-0.4, -0.2) is 13.2 Å². The van der Waals surface area contributed by atoms with E-state index in [2.05, 4.69) is 5.43 Å². The number of rotatable bonds is 7. The van der Waals surface area contributed by atoms with Gasteiger partial charge in [-0.15, -0.1) is 0 Å². The van der Waals surface area contributed by atoms with Crippen molar-refractivity contribution in [3.05, 3.63) is 35.0 Å². The minimum Gasteiger partial charge on any atom is -0.459 e. The molecule has 2 aromatic rings. The van der Waals surface area contributed by atoms with E-state index >= 15 is 0 Å². The van der Waals surface area contributed by atoms with Crippen LogP contribution in [-0.2, 0) is 4.74 Å². The molecule has 5 heteroatoms. The second-order valence-corrected chi connectivity index (χ2v) is 4.83. The minimum atomic E-state index is -0.00775. The largest absolute Gasteiger partial charge is 0.459 e. The molecule has 3 N–H and O–H groups in total. The van der Waals surface area contributed by atoms with Crippen LogP contribution in [0.5, 0.6) is 0 Å². The summed E-state index contributed by atoms with van der Waals surface area (Å²) in [6.07, 6.45) is 1.80. The minimum absolute atomic E-state index is 0.00775. The van der Waals surface area contributed by atoms with Crippen LogP contribution in [0.1, 0.15) is 31.6 Å². The third-order valence-electron chi connectivity index (χ3n) is 3.03. The molecule has 2 rings (SSSR count). The Morgan fingerprint density at radius 2 is 2.26 bits per heavy atom. The van der Waals surface area contributed by atoms with E-state index in [4.69, 9.17) is 26.6 Å². The fourth-order valence-electron chi connectivity index (χ4n) is 2.05. The Morgan fingerprint density at radius 3 is 3.00 bits per heavy atom. The monoisotopic (exact) mass is 282 g/mol. The summed E-state index contributed by atoms with van der Waals surface area (Å²) in [5.41, 5.74) is 3.61. The first-order valence-electron chi connectivity index (χ1n) is 6.47. The number of hydrogen-bond acceptors (Lipinski definition) is 4. The van der Waals surface area contributed by atoms with Crippen LogP contribution in [0.15, 0.2) is 28.7 Å². The molecule has 19 heavy (non-hydrogen) atoms. The lowest BCUT2D eigenvalue weighted by Crippen LogP contribution is -2.27. The van der Waals surface area contributed by atoms with Crippen molar-refractivity contribution in [1.29, 1.82) is 0 Å². The number of hydrogen-bond donors (Lipinski definition) is 2. The van der Waals surface area contributed by atoms with Gasteiger partial charge in [0, 0.05) is 23.6 Å². The average Bonchev–Trinajstić information content (AvgIpc) is 2.81. The van der Waals surface area contributed by atoms with E-state index in [1.807, 2.05) is 31.2 Å². The lowest BCUT2D eigenvalue weighted by molar-refractivity contribution is 0.140. The van der Waals surface area contributed by atoms with E-state index in [9.17, 15) is 0 Å². The Morgan fingerprint density at radius 1 is 1.42 bits per heavy atom. The van der Waals surface area contributed by atoms with Crippen molar-refractivity contribution >= 4 is 22.6 Å². The van der Waals surface area contributed by atoms with Gasteiger partial charge in [0.2, 0.25) is 0 Å². The molecule has 0 saturated heterocycles. The zero-order valence-corrected chi connectivity index (χ0v) is 11.7. The fraction of sp³-hybridized carbons (Fsp3) is 0.429. The lowest BCUT2D eigenvalue weighted by Gasteiger charge is -2.12. The number of fused-ring (bicyclic) bond motifs is 1. The number of hydrazine groups is 1. The molecule has 4 nitrogen and oxygen atoms in total. The molecule has 0 saturated carbocycles. The number of benzene rings is 1. The highest BCUT2D eigenvalue weighted by Crippen LogP contribution is 2.28. The van der Waals surface area contributed by atoms with Crippen molar-refractivity contribution in [2.75, 3.05) is 13.2 Å². The van der Waals surface area contributed by atoms with Gasteiger partial charge < -0.3 is 9.15 Å². The Bertz CT molecular complexity index is 527. The van der Waals surface area contributed by atoms with E-state index in [1.54, 1.807) is 0 Å². The Hall–Kier alpha value is -1.07. The van der Waals surface area contributed by atoms with Crippen molar-refractivity contribution in [2.24, 2.45) is 5.84 Å². The van der Waals surface area contributed by atoms with Gasteiger partial charge in [0.15, 0.2) is 0 Å². The number of nitrogens with two attached hydrogens (primary N) is 1. The van der Waals surface area contributed by atoms with Crippen molar-refractivity contribution in [3.63, 3.8) is 0 Å². The highest BCUT2D eigenvalue weighted by molar-refractivity contribution is 6.31. The Kier molecular flexibility index (Phi) is 5.22. The second-order valence-electron chi connectivity index (χ2n) is 4.39. The van der Waals surface area contributed by atoms with Crippen LogP contribution in [0.25, 0.3) is 11.0 Å². The van der Waals surface area contributed by atoms with Crippen molar-refractivity contribution in [3.8, 4) is 0 Å². The van der Waals surface area contributed by atoms with E-state index < -0.39 is 0 Å². The van der Waals surface area contributed by atoms with Gasteiger partial charge in [-0.25, -0.2) is 5.43 Å². The SMILES string of the molecule is CCOCCCC(NN)c1cc2cc(Cl)ccc2o1. The van der Waals surface area contributed by atoms with Gasteiger partial charge in [-0.1, -0.05) is 11.6 Å². The zero-order chi connectivity index (χ0) is 13.7. The molecule has 1 unspecified atom stereocenters. The molecule has 0 aliphatic heterocycles. The number of ether oxygens (including phenoxy) is 1. The quantitative estimate of drug-likeness (QED) is 0.464. The third-order valence-corrected chi connectivity index (χ3v) is 3.26. The summed E-state index contributed by atoms with van der Waals surface area (Å²) in [4.78, 5) is 0. The first-order chi connectivity index (χ1) is 9.24. The zero-order valence-electron chi connectivity index (χ0n) is 11.0. The molecule has 1 aromatic heterocycles. The van der Waals surface area contributed by atoms with Gasteiger partial charge in [0.1, 0.15) is 11.3 Å². The smallest absolute Gasteiger partial charge is 0.134 e. The van der Waals surface area contributed by atoms with E-state index in [0.29, 0.717) is 5.02 Å². The van der Waals surface area contributed by atoms with Gasteiger partial charge in [0.05, 0.1) is 6.04 Å². The second kappa shape index (κ2) is 6.91. The van der Waals surface area contributed by atoms with Gasteiger partial charge in [-0.05, 0) is 44.0 Å². The summed E-state index contributed by atoms with van der Waals surface area (Å²) < 4.78 is 11.1. The van der Waals surface area contributed by atoms with Crippen LogP contribution in [0.2, 0.25) is 5.02 Å². The molecular formula is C14H19ClN2O2. The standard InChI is InChI=1S/C14H19ClN2O2/c1-2-18-7-3-4-12(17-16)14-9-10-8-11(15)5-6-13(10)19-14/h5-6,8-9,12,17H,2-4,7,16H2,1H3. The van der Waals surface area contributed by atoms with Crippen molar-refractivity contribution in [1.82, 2.24) is 5.43 Å². The molecule has 0 amide bonds. The molecule has 0 aliphatic rings. The van der Waals surface area contributed by atoms with Gasteiger partial charge in [0.25, 0.3) is 0 Å². The summed E-state index contributed by atoms with van der Waals surface area (Å²) in [5.74, 6) is 6.42. The molecule has 104 valence electrons. The average molecular weight is 283 g/mol. The fourth-order valence-corrected chi connectivity index (χ4v) is 2.23. The highest BCUT2D eigenvalue weighted by Gasteiger charge is 2.14. The normalized spacial score (nSPS) is 13.0. The van der Waals surface area contributed by atoms with Gasteiger partial charge in [-0.3, -0.25) is 5.84 Å². The van der Waals surface area contributed by atoms with E-state index in [1.165, 1.54) is 0 Å². The molecule has 0 fully saturated rings. The maximum Gasteiger partial charge on any atom is 0.134 e. The van der Waals surface area contributed by atoms with Crippen LogP contribution in [0, 0.1) is 0 Å². The molecule has 0 aliphatic carbocycles. The van der Waals surface area contributed by atoms with Crippen LogP contribution >= 0.6 is 11.6 Å². The number of furan rings is 1. The summed E-state index contributed by atoms with van der Waals surface area (Å²) in [6.45, 7) is 3.46. The predicted octanol–water partition coefficient (Wildman–Crippen LogP) is 3.41. The lowest BCUT2D eigenvalue weighted by atomic mass is 10.1. The molecule has 1 heterocycles.